The first-order chi connectivity index (χ1) is 7.07. The molecule has 0 N–H and O–H groups in total. The van der Waals surface area contributed by atoms with E-state index < -0.39 is 9.84 Å². The molecule has 1 fully saturated rings. The van der Waals surface area contributed by atoms with Crippen molar-refractivity contribution >= 4 is 21.6 Å². The van der Waals surface area contributed by atoms with E-state index >= 15 is 0 Å². The SMILES string of the molecule is CC[C@H]1CN(CCS(=O)(=O)CC)CCS1. The van der Waals surface area contributed by atoms with Crippen LogP contribution in [-0.4, -0.2) is 55.5 Å². The Hall–Kier alpha value is 0.260. The van der Waals surface area contributed by atoms with Gasteiger partial charge in [0.2, 0.25) is 0 Å². The predicted octanol–water partition coefficient (Wildman–Crippen LogP) is 1.25. The number of thioether (sulfide) groups is 1. The van der Waals surface area contributed by atoms with Crippen molar-refractivity contribution in [3.05, 3.63) is 0 Å². The Kier molecular flexibility index (Phi) is 5.43. The zero-order valence-corrected chi connectivity index (χ0v) is 11.2. The normalized spacial score (nSPS) is 24.3. The van der Waals surface area contributed by atoms with Gasteiger partial charge in [0.15, 0.2) is 9.84 Å². The number of rotatable bonds is 5. The van der Waals surface area contributed by atoms with E-state index in [1.165, 1.54) is 6.42 Å². The Bertz CT molecular complexity index is 277. The fraction of sp³-hybridized carbons (Fsp3) is 1.00. The lowest BCUT2D eigenvalue weighted by Gasteiger charge is -2.31. The fourth-order valence-corrected chi connectivity index (χ4v) is 3.72. The van der Waals surface area contributed by atoms with Crippen LogP contribution in [0.15, 0.2) is 0 Å². The van der Waals surface area contributed by atoms with Crippen LogP contribution in [0.5, 0.6) is 0 Å². The lowest BCUT2D eigenvalue weighted by molar-refractivity contribution is 0.297. The second-order valence-electron chi connectivity index (χ2n) is 3.94. The van der Waals surface area contributed by atoms with E-state index in [0.29, 0.717) is 17.5 Å². The third-order valence-electron chi connectivity index (χ3n) is 2.84. The predicted molar refractivity (Wildman–Crippen MR) is 67.3 cm³/mol. The number of nitrogens with zero attached hydrogens (tertiary/aromatic N) is 1. The summed E-state index contributed by atoms with van der Waals surface area (Å²) in [5, 5.41) is 0.697. The van der Waals surface area contributed by atoms with Gasteiger partial charge < -0.3 is 4.90 Å². The maximum Gasteiger partial charge on any atom is 0.151 e. The van der Waals surface area contributed by atoms with Crippen molar-refractivity contribution in [3.8, 4) is 0 Å². The summed E-state index contributed by atoms with van der Waals surface area (Å²) in [6.07, 6.45) is 1.18. The van der Waals surface area contributed by atoms with E-state index in [9.17, 15) is 8.42 Å². The average Bonchev–Trinajstić information content (AvgIpc) is 2.27. The summed E-state index contributed by atoms with van der Waals surface area (Å²) in [5.41, 5.74) is 0. The highest BCUT2D eigenvalue weighted by Crippen LogP contribution is 2.20. The Morgan fingerprint density at radius 1 is 1.40 bits per heavy atom. The number of hydrogen-bond donors (Lipinski definition) is 0. The minimum atomic E-state index is -2.79. The highest BCUT2D eigenvalue weighted by molar-refractivity contribution is 8.00. The molecule has 0 radical (unpaired) electrons. The monoisotopic (exact) mass is 251 g/mol. The van der Waals surface area contributed by atoms with Gasteiger partial charge in [-0.25, -0.2) is 8.42 Å². The quantitative estimate of drug-likeness (QED) is 0.737. The van der Waals surface area contributed by atoms with Crippen molar-refractivity contribution in [2.45, 2.75) is 25.5 Å². The third kappa shape index (κ3) is 4.74. The maximum absolute atomic E-state index is 11.4. The van der Waals surface area contributed by atoms with Gasteiger partial charge in [-0.15, -0.1) is 0 Å². The summed E-state index contributed by atoms with van der Waals surface area (Å²) in [4.78, 5) is 2.29. The third-order valence-corrected chi connectivity index (χ3v) is 5.89. The van der Waals surface area contributed by atoms with Crippen molar-refractivity contribution in [2.24, 2.45) is 0 Å². The number of hydrogen-bond acceptors (Lipinski definition) is 4. The molecule has 0 saturated carbocycles. The van der Waals surface area contributed by atoms with Crippen LogP contribution < -0.4 is 0 Å². The van der Waals surface area contributed by atoms with Gasteiger partial charge in [0.1, 0.15) is 0 Å². The van der Waals surface area contributed by atoms with Gasteiger partial charge in [-0.2, -0.15) is 11.8 Å². The van der Waals surface area contributed by atoms with Crippen LogP contribution in [0.3, 0.4) is 0 Å². The van der Waals surface area contributed by atoms with Crippen molar-refractivity contribution in [3.63, 3.8) is 0 Å². The molecule has 1 rings (SSSR count). The van der Waals surface area contributed by atoms with Gasteiger partial charge in [-0.05, 0) is 6.42 Å². The molecule has 3 nitrogen and oxygen atoms in total. The zero-order chi connectivity index (χ0) is 11.3. The van der Waals surface area contributed by atoms with Crippen LogP contribution in [0.4, 0.5) is 0 Å². The van der Waals surface area contributed by atoms with E-state index in [2.05, 4.69) is 11.8 Å². The Balaban J connectivity index is 2.33. The molecular formula is C10H21NO2S2. The Labute approximate surface area is 97.5 Å². The Morgan fingerprint density at radius 3 is 2.73 bits per heavy atom. The summed E-state index contributed by atoms with van der Waals surface area (Å²) in [5.74, 6) is 1.74. The van der Waals surface area contributed by atoms with Crippen molar-refractivity contribution < 1.29 is 8.42 Å². The standard InChI is InChI=1S/C10H21NO2S2/c1-3-10-9-11(5-7-14-10)6-8-15(12,13)4-2/h10H,3-9H2,1-2H3/t10-/m0/s1. The van der Waals surface area contributed by atoms with Crippen LogP contribution in [0, 0.1) is 0 Å². The topological polar surface area (TPSA) is 37.4 Å². The molecule has 0 aliphatic carbocycles. The second-order valence-corrected chi connectivity index (χ2v) is 7.82. The summed E-state index contributed by atoms with van der Waals surface area (Å²) in [6, 6.07) is 0. The molecule has 5 heteroatoms. The smallest absolute Gasteiger partial charge is 0.151 e. The molecular weight excluding hydrogens is 230 g/mol. The van der Waals surface area contributed by atoms with Crippen LogP contribution in [-0.2, 0) is 9.84 Å². The van der Waals surface area contributed by atoms with E-state index in [4.69, 9.17) is 0 Å². The highest BCUT2D eigenvalue weighted by Gasteiger charge is 2.20. The summed E-state index contributed by atoms with van der Waals surface area (Å²) in [7, 11) is -2.79. The van der Waals surface area contributed by atoms with E-state index in [-0.39, 0.29) is 5.75 Å². The maximum atomic E-state index is 11.4. The van der Waals surface area contributed by atoms with Crippen molar-refractivity contribution in [2.75, 3.05) is 36.9 Å². The average molecular weight is 251 g/mol. The second kappa shape index (κ2) is 6.11. The molecule has 1 aliphatic rings. The lowest BCUT2D eigenvalue weighted by Crippen LogP contribution is -2.40. The van der Waals surface area contributed by atoms with Gasteiger partial charge in [0.25, 0.3) is 0 Å². The molecule has 1 saturated heterocycles. The first kappa shape index (κ1) is 13.3. The van der Waals surface area contributed by atoms with Crippen LogP contribution in [0.2, 0.25) is 0 Å². The van der Waals surface area contributed by atoms with Crippen molar-refractivity contribution in [1.82, 2.24) is 4.90 Å². The van der Waals surface area contributed by atoms with Gasteiger partial charge in [-0.3, -0.25) is 0 Å². The first-order valence-electron chi connectivity index (χ1n) is 5.61. The van der Waals surface area contributed by atoms with E-state index in [1.807, 2.05) is 11.8 Å². The highest BCUT2D eigenvalue weighted by atomic mass is 32.2. The van der Waals surface area contributed by atoms with E-state index in [0.717, 1.165) is 18.8 Å². The number of sulfone groups is 1. The zero-order valence-electron chi connectivity index (χ0n) is 9.61. The van der Waals surface area contributed by atoms with Crippen LogP contribution in [0.25, 0.3) is 0 Å². The molecule has 0 aromatic rings. The molecule has 1 atom stereocenters. The molecule has 90 valence electrons. The minimum Gasteiger partial charge on any atom is -0.300 e. The molecule has 1 heterocycles. The van der Waals surface area contributed by atoms with Gasteiger partial charge in [-0.1, -0.05) is 13.8 Å². The summed E-state index contributed by atoms with van der Waals surface area (Å²) in [6.45, 7) is 6.73. The molecule has 0 amide bonds. The molecule has 0 unspecified atom stereocenters. The van der Waals surface area contributed by atoms with Crippen LogP contribution in [0.1, 0.15) is 20.3 Å². The molecule has 0 bridgehead atoms. The molecule has 0 aromatic carbocycles. The van der Waals surface area contributed by atoms with Crippen LogP contribution >= 0.6 is 11.8 Å². The summed E-state index contributed by atoms with van der Waals surface area (Å²) < 4.78 is 22.7. The Morgan fingerprint density at radius 2 is 2.13 bits per heavy atom. The lowest BCUT2D eigenvalue weighted by atomic mass is 10.3. The van der Waals surface area contributed by atoms with Gasteiger partial charge in [0, 0.05) is 36.4 Å². The van der Waals surface area contributed by atoms with Crippen molar-refractivity contribution in [1.29, 1.82) is 0 Å². The minimum absolute atomic E-state index is 0.271. The molecule has 0 spiro atoms. The fourth-order valence-electron chi connectivity index (χ4n) is 1.64. The molecule has 0 aromatic heterocycles. The van der Waals surface area contributed by atoms with Gasteiger partial charge >= 0.3 is 0 Å². The summed E-state index contributed by atoms with van der Waals surface area (Å²) >= 11 is 2.01. The largest absolute Gasteiger partial charge is 0.300 e. The van der Waals surface area contributed by atoms with Gasteiger partial charge in [0.05, 0.1) is 5.75 Å². The molecule has 15 heavy (non-hydrogen) atoms. The first-order valence-corrected chi connectivity index (χ1v) is 8.48. The van der Waals surface area contributed by atoms with E-state index in [1.54, 1.807) is 6.92 Å². The molecule has 1 aliphatic heterocycles.